The van der Waals surface area contributed by atoms with Gasteiger partial charge in [0.25, 0.3) is 0 Å². The van der Waals surface area contributed by atoms with E-state index in [1.54, 1.807) is 29.2 Å². The maximum atomic E-state index is 15.4. The van der Waals surface area contributed by atoms with E-state index in [2.05, 4.69) is 35.0 Å². The minimum Gasteiger partial charge on any atom is -0.370 e. The summed E-state index contributed by atoms with van der Waals surface area (Å²) in [6, 6.07) is 5.18. The second-order valence-corrected chi connectivity index (χ2v) is 12.0. The van der Waals surface area contributed by atoms with Gasteiger partial charge >= 0.3 is 0 Å². The average molecular weight is 539 g/mol. The second kappa shape index (κ2) is 9.91. The number of hydrogen-bond acceptors (Lipinski definition) is 8. The normalized spacial score (nSPS) is 14.3. The standard InChI is InChI=1S/C26H31FN8O2S/c1-15(2)25-18-8-24(31-23-6-7-28-26(32-23)20-14-34(4)33-16(20)3)29-11-19(18)22(9-21(25)27)35-12-17(13-35)10-30-38(5,36)37/h6-9,11,14-15,17,30H,10,12-13H2,1-5H3,(H,28,29,31,32). The average Bonchev–Trinajstić information content (AvgIpc) is 3.14. The van der Waals surface area contributed by atoms with Crippen molar-refractivity contribution in [3.8, 4) is 11.4 Å². The third kappa shape index (κ3) is 5.32. The summed E-state index contributed by atoms with van der Waals surface area (Å²) in [4.78, 5) is 15.7. The Balaban J connectivity index is 1.45. The van der Waals surface area contributed by atoms with Gasteiger partial charge in [0, 0.05) is 62.3 Å². The van der Waals surface area contributed by atoms with Crippen molar-refractivity contribution in [1.82, 2.24) is 29.5 Å². The first-order valence-electron chi connectivity index (χ1n) is 12.4. The molecule has 0 atom stereocenters. The molecule has 0 radical (unpaired) electrons. The van der Waals surface area contributed by atoms with E-state index in [0.717, 1.165) is 34.0 Å². The minimum absolute atomic E-state index is 0.0379. The first-order valence-corrected chi connectivity index (χ1v) is 14.3. The predicted octanol–water partition coefficient (Wildman–Crippen LogP) is 3.73. The fourth-order valence-electron chi connectivity index (χ4n) is 4.88. The molecule has 0 saturated carbocycles. The first kappa shape index (κ1) is 26.0. The molecular weight excluding hydrogens is 507 g/mol. The monoisotopic (exact) mass is 538 g/mol. The van der Waals surface area contributed by atoms with Crippen molar-refractivity contribution in [3.05, 3.63) is 53.9 Å². The maximum Gasteiger partial charge on any atom is 0.208 e. The number of hydrogen-bond donors (Lipinski definition) is 2. The molecule has 0 unspecified atom stereocenters. The Morgan fingerprint density at radius 3 is 2.58 bits per heavy atom. The van der Waals surface area contributed by atoms with Crippen LogP contribution in [0.1, 0.15) is 31.0 Å². The number of aromatic nitrogens is 5. The zero-order valence-corrected chi connectivity index (χ0v) is 22.8. The van der Waals surface area contributed by atoms with Crippen LogP contribution in [0.2, 0.25) is 0 Å². The molecule has 1 saturated heterocycles. The largest absolute Gasteiger partial charge is 0.370 e. The summed E-state index contributed by atoms with van der Waals surface area (Å²) in [5.41, 5.74) is 3.06. The highest BCUT2D eigenvalue weighted by atomic mass is 32.2. The highest BCUT2D eigenvalue weighted by Gasteiger charge is 2.30. The van der Waals surface area contributed by atoms with Gasteiger partial charge in [0.1, 0.15) is 17.5 Å². The molecule has 1 aliphatic heterocycles. The number of benzene rings is 1. The van der Waals surface area contributed by atoms with Gasteiger partial charge in [-0.05, 0) is 42.0 Å². The molecule has 12 heteroatoms. The number of halogens is 1. The van der Waals surface area contributed by atoms with Gasteiger partial charge in [-0.1, -0.05) is 13.8 Å². The van der Waals surface area contributed by atoms with Crippen LogP contribution in [0.5, 0.6) is 0 Å². The number of anilines is 3. The molecule has 200 valence electrons. The lowest BCUT2D eigenvalue weighted by Gasteiger charge is -2.41. The molecule has 0 spiro atoms. The van der Waals surface area contributed by atoms with Crippen LogP contribution in [-0.4, -0.2) is 59.0 Å². The maximum absolute atomic E-state index is 15.4. The van der Waals surface area contributed by atoms with Crippen molar-refractivity contribution < 1.29 is 12.8 Å². The molecule has 10 nitrogen and oxygen atoms in total. The molecule has 38 heavy (non-hydrogen) atoms. The van der Waals surface area contributed by atoms with E-state index in [0.29, 0.717) is 42.7 Å². The molecule has 4 aromatic rings. The van der Waals surface area contributed by atoms with Gasteiger partial charge in [-0.2, -0.15) is 5.10 Å². The van der Waals surface area contributed by atoms with Crippen LogP contribution in [-0.2, 0) is 17.1 Å². The highest BCUT2D eigenvalue weighted by Crippen LogP contribution is 2.38. The molecule has 1 aliphatic rings. The Bertz CT molecular complexity index is 1610. The molecule has 0 bridgehead atoms. The molecule has 0 aliphatic carbocycles. The van der Waals surface area contributed by atoms with Gasteiger partial charge < -0.3 is 10.2 Å². The van der Waals surface area contributed by atoms with Crippen LogP contribution in [0.4, 0.5) is 21.7 Å². The lowest BCUT2D eigenvalue weighted by Crippen LogP contribution is -2.51. The number of sulfonamides is 1. The zero-order valence-electron chi connectivity index (χ0n) is 22.0. The predicted molar refractivity (Wildman–Crippen MR) is 147 cm³/mol. The smallest absolute Gasteiger partial charge is 0.208 e. The molecule has 1 fully saturated rings. The SMILES string of the molecule is Cc1nn(C)cc1-c1nccc(Nc2cc3c(C(C)C)c(F)cc(N4CC(CNS(C)(=O)=O)C4)c3cn2)n1. The van der Waals surface area contributed by atoms with Crippen molar-refractivity contribution in [2.24, 2.45) is 13.0 Å². The topological polar surface area (TPSA) is 118 Å². The number of nitrogens with zero attached hydrogens (tertiary/aromatic N) is 6. The highest BCUT2D eigenvalue weighted by molar-refractivity contribution is 7.88. The Hall–Kier alpha value is -3.64. The van der Waals surface area contributed by atoms with Gasteiger partial charge in [-0.15, -0.1) is 0 Å². The summed E-state index contributed by atoms with van der Waals surface area (Å²) in [7, 11) is -1.39. The molecule has 0 amide bonds. The summed E-state index contributed by atoms with van der Waals surface area (Å²) in [6.45, 7) is 7.48. The van der Waals surface area contributed by atoms with Gasteiger partial charge in [-0.25, -0.2) is 32.5 Å². The van der Waals surface area contributed by atoms with E-state index in [4.69, 9.17) is 0 Å². The summed E-state index contributed by atoms with van der Waals surface area (Å²) in [5.74, 6) is 1.52. The van der Waals surface area contributed by atoms with E-state index in [9.17, 15) is 8.42 Å². The Morgan fingerprint density at radius 1 is 1.16 bits per heavy atom. The third-order valence-electron chi connectivity index (χ3n) is 6.67. The summed E-state index contributed by atoms with van der Waals surface area (Å²) >= 11 is 0. The summed E-state index contributed by atoms with van der Waals surface area (Å²) in [5, 5.41) is 9.24. The van der Waals surface area contributed by atoms with Gasteiger partial charge in [0.05, 0.1) is 17.5 Å². The van der Waals surface area contributed by atoms with Crippen LogP contribution >= 0.6 is 0 Å². The van der Waals surface area contributed by atoms with E-state index in [-0.39, 0.29) is 17.7 Å². The fraction of sp³-hybridized carbons (Fsp3) is 0.385. The number of aryl methyl sites for hydroxylation is 2. The fourth-order valence-corrected chi connectivity index (χ4v) is 5.42. The molecule has 1 aromatic carbocycles. The number of pyridine rings is 1. The quantitative estimate of drug-likeness (QED) is 0.349. The van der Waals surface area contributed by atoms with Crippen molar-refractivity contribution in [2.75, 3.05) is 36.1 Å². The summed E-state index contributed by atoms with van der Waals surface area (Å²) in [6.07, 6.45) is 6.46. The van der Waals surface area contributed by atoms with Crippen molar-refractivity contribution in [3.63, 3.8) is 0 Å². The number of nitrogens with one attached hydrogen (secondary N) is 2. The molecular formula is C26H31FN8O2S. The van der Waals surface area contributed by atoms with Gasteiger partial charge in [0.2, 0.25) is 10.0 Å². The van der Waals surface area contributed by atoms with E-state index >= 15 is 4.39 Å². The van der Waals surface area contributed by atoms with Crippen LogP contribution in [0.15, 0.2) is 36.8 Å². The minimum atomic E-state index is -3.24. The van der Waals surface area contributed by atoms with Crippen LogP contribution in [0.25, 0.3) is 22.2 Å². The Kier molecular flexibility index (Phi) is 6.78. The van der Waals surface area contributed by atoms with Crippen LogP contribution in [0, 0.1) is 18.7 Å². The first-order chi connectivity index (χ1) is 18.0. The summed E-state index contributed by atoms with van der Waals surface area (Å²) < 4.78 is 42.5. The number of fused-ring (bicyclic) bond motifs is 1. The Labute approximate surface area is 221 Å². The van der Waals surface area contributed by atoms with E-state index in [1.807, 2.05) is 40.1 Å². The van der Waals surface area contributed by atoms with E-state index < -0.39 is 10.0 Å². The molecule has 4 heterocycles. The Morgan fingerprint density at radius 2 is 1.92 bits per heavy atom. The third-order valence-corrected chi connectivity index (χ3v) is 7.36. The number of rotatable bonds is 8. The van der Waals surface area contributed by atoms with Crippen LogP contribution in [0.3, 0.4) is 0 Å². The molecule has 3 aromatic heterocycles. The van der Waals surface area contributed by atoms with Crippen molar-refractivity contribution in [2.45, 2.75) is 26.7 Å². The van der Waals surface area contributed by atoms with Gasteiger partial charge in [-0.3, -0.25) is 4.68 Å². The van der Waals surface area contributed by atoms with Crippen molar-refractivity contribution in [1.29, 1.82) is 0 Å². The van der Waals surface area contributed by atoms with Gasteiger partial charge in [0.15, 0.2) is 5.82 Å². The molecule has 2 N–H and O–H groups in total. The second-order valence-electron chi connectivity index (χ2n) is 10.1. The molecule has 5 rings (SSSR count). The zero-order chi connectivity index (χ0) is 27.2. The lowest BCUT2D eigenvalue weighted by molar-refractivity contribution is 0.407. The van der Waals surface area contributed by atoms with E-state index in [1.165, 1.54) is 0 Å². The van der Waals surface area contributed by atoms with Crippen molar-refractivity contribution >= 4 is 38.1 Å². The van der Waals surface area contributed by atoms with Crippen LogP contribution < -0.4 is 14.9 Å². The lowest BCUT2D eigenvalue weighted by atomic mass is 9.92.